The number of nitrogens with one attached hydrogen (secondary N) is 1. The lowest BCUT2D eigenvalue weighted by Crippen LogP contribution is -2.68. The van der Waals surface area contributed by atoms with E-state index in [1.807, 2.05) is 38.1 Å². The molecular weight excluding hydrogens is 370 g/mol. The number of benzene rings is 1. The van der Waals surface area contributed by atoms with E-state index in [0.29, 0.717) is 19.5 Å². The van der Waals surface area contributed by atoms with E-state index in [1.54, 1.807) is 12.0 Å². The van der Waals surface area contributed by atoms with Gasteiger partial charge in [0.2, 0.25) is 17.7 Å². The summed E-state index contributed by atoms with van der Waals surface area (Å²) in [6.07, 6.45) is 3.42. The van der Waals surface area contributed by atoms with Crippen molar-refractivity contribution in [2.45, 2.75) is 45.6 Å². The third kappa shape index (κ3) is 4.38. The molecule has 1 aliphatic heterocycles. The summed E-state index contributed by atoms with van der Waals surface area (Å²) in [5.74, 6) is 0.0692. The molecule has 3 rings (SSSR count). The number of nitrogens with two attached hydrogens (primary N) is 1. The lowest BCUT2D eigenvalue weighted by molar-refractivity contribution is -0.159. The highest BCUT2D eigenvalue weighted by atomic mass is 16.5. The Morgan fingerprint density at radius 3 is 2.48 bits per heavy atom. The van der Waals surface area contributed by atoms with Gasteiger partial charge in [0.05, 0.1) is 12.5 Å². The molecule has 1 heterocycles. The van der Waals surface area contributed by atoms with E-state index in [2.05, 4.69) is 5.32 Å². The molecule has 1 atom stereocenters. The van der Waals surface area contributed by atoms with Crippen molar-refractivity contribution in [1.29, 1.82) is 0 Å². The molecule has 0 unspecified atom stereocenters. The molecule has 2 fully saturated rings. The highest BCUT2D eigenvalue weighted by Gasteiger charge is 2.52. The molecule has 2 aliphatic rings. The van der Waals surface area contributed by atoms with E-state index in [4.69, 9.17) is 10.5 Å². The number of primary amides is 1. The number of hydrogen-bond donors (Lipinski definition) is 2. The predicted molar refractivity (Wildman–Crippen MR) is 109 cm³/mol. The average molecular weight is 402 g/mol. The minimum absolute atomic E-state index is 0.0990. The Hall–Kier alpha value is -2.57. The quantitative estimate of drug-likeness (QED) is 0.689. The Morgan fingerprint density at radius 1 is 1.28 bits per heavy atom. The van der Waals surface area contributed by atoms with Crippen molar-refractivity contribution in [2.24, 2.45) is 23.0 Å². The van der Waals surface area contributed by atoms with Gasteiger partial charge in [-0.1, -0.05) is 32.4 Å². The molecule has 0 aromatic heterocycles. The maximum absolute atomic E-state index is 13.3. The molecule has 3 amide bonds. The molecule has 0 bridgehead atoms. The van der Waals surface area contributed by atoms with Gasteiger partial charge in [-0.05, 0) is 42.9 Å². The van der Waals surface area contributed by atoms with Gasteiger partial charge >= 0.3 is 0 Å². The fraction of sp³-hybridized carbons (Fsp3) is 0.591. The standard InChI is InChI=1S/C22H31N3O4/c1-14(2)18(19(23)26)24-21(28)22(11-15-6-4-9-17(10-15)29-3)12-25(13-22)20(27)16-7-5-8-16/h4,6,9-10,14,16,18H,5,7-8,11-13H2,1-3H3,(H2,23,26)(H,24,28)/t18-/m0/s1. The minimum atomic E-state index is -0.769. The Labute approximate surface area is 172 Å². The molecule has 1 aromatic rings. The third-order valence-electron chi connectivity index (χ3n) is 6.17. The number of carbonyl (C=O) groups is 3. The molecule has 29 heavy (non-hydrogen) atoms. The van der Waals surface area contributed by atoms with E-state index in [9.17, 15) is 14.4 Å². The molecule has 3 N–H and O–H groups in total. The number of carbonyl (C=O) groups excluding carboxylic acids is 3. The molecular formula is C22H31N3O4. The van der Waals surface area contributed by atoms with Crippen LogP contribution in [0.5, 0.6) is 5.75 Å². The third-order valence-corrected chi connectivity index (χ3v) is 6.17. The van der Waals surface area contributed by atoms with Crippen LogP contribution in [0, 0.1) is 17.3 Å². The van der Waals surface area contributed by atoms with Crippen molar-refractivity contribution in [3.63, 3.8) is 0 Å². The van der Waals surface area contributed by atoms with E-state index in [0.717, 1.165) is 30.6 Å². The van der Waals surface area contributed by atoms with Crippen LogP contribution < -0.4 is 15.8 Å². The number of hydrogen-bond acceptors (Lipinski definition) is 4. The predicted octanol–water partition coefficient (Wildman–Crippen LogP) is 1.49. The molecule has 1 saturated heterocycles. The fourth-order valence-corrected chi connectivity index (χ4v) is 4.12. The lowest BCUT2D eigenvalue weighted by Gasteiger charge is -2.51. The van der Waals surface area contributed by atoms with Gasteiger partial charge in [-0.3, -0.25) is 14.4 Å². The molecule has 158 valence electrons. The first-order valence-electron chi connectivity index (χ1n) is 10.3. The van der Waals surface area contributed by atoms with Gasteiger partial charge in [-0.2, -0.15) is 0 Å². The van der Waals surface area contributed by atoms with Gasteiger partial charge in [0.1, 0.15) is 11.8 Å². The second-order valence-corrected chi connectivity index (χ2v) is 8.73. The summed E-state index contributed by atoms with van der Waals surface area (Å²) in [6.45, 7) is 4.40. The van der Waals surface area contributed by atoms with Crippen LogP contribution in [0.1, 0.15) is 38.7 Å². The molecule has 0 radical (unpaired) electrons. The van der Waals surface area contributed by atoms with Gasteiger partial charge in [-0.25, -0.2) is 0 Å². The Morgan fingerprint density at radius 2 is 1.97 bits per heavy atom. The fourth-order valence-electron chi connectivity index (χ4n) is 4.12. The van der Waals surface area contributed by atoms with Crippen LogP contribution in [0.3, 0.4) is 0 Å². The van der Waals surface area contributed by atoms with Crippen LogP contribution in [0.15, 0.2) is 24.3 Å². The summed E-state index contributed by atoms with van der Waals surface area (Å²) in [7, 11) is 1.60. The first kappa shape index (κ1) is 21.1. The topological polar surface area (TPSA) is 102 Å². The smallest absolute Gasteiger partial charge is 0.240 e. The van der Waals surface area contributed by atoms with Crippen molar-refractivity contribution in [2.75, 3.05) is 20.2 Å². The van der Waals surface area contributed by atoms with E-state index >= 15 is 0 Å². The van der Waals surface area contributed by atoms with Gasteiger partial charge in [0, 0.05) is 19.0 Å². The number of likely N-dealkylation sites (tertiary alicyclic amines) is 1. The Bertz CT molecular complexity index is 782. The molecule has 1 aliphatic carbocycles. The number of rotatable bonds is 8. The van der Waals surface area contributed by atoms with Crippen molar-refractivity contribution in [3.05, 3.63) is 29.8 Å². The molecule has 0 spiro atoms. The molecule has 1 aromatic carbocycles. The lowest BCUT2D eigenvalue weighted by atomic mass is 9.72. The van der Waals surface area contributed by atoms with Crippen LogP contribution >= 0.6 is 0 Å². The zero-order valence-corrected chi connectivity index (χ0v) is 17.4. The Balaban J connectivity index is 1.79. The summed E-state index contributed by atoms with van der Waals surface area (Å²) in [5.41, 5.74) is 5.67. The minimum Gasteiger partial charge on any atom is -0.497 e. The number of nitrogens with zero attached hydrogens (tertiary/aromatic N) is 1. The van der Waals surface area contributed by atoms with Gasteiger partial charge in [0.25, 0.3) is 0 Å². The number of amides is 3. The maximum atomic E-state index is 13.3. The second kappa shape index (κ2) is 8.43. The van der Waals surface area contributed by atoms with Gasteiger partial charge < -0.3 is 20.7 Å². The molecule has 7 heteroatoms. The van der Waals surface area contributed by atoms with Crippen molar-refractivity contribution in [1.82, 2.24) is 10.2 Å². The normalized spacial score (nSPS) is 19.1. The second-order valence-electron chi connectivity index (χ2n) is 8.73. The van der Waals surface area contributed by atoms with Crippen molar-refractivity contribution < 1.29 is 19.1 Å². The first-order chi connectivity index (χ1) is 13.8. The monoisotopic (exact) mass is 401 g/mol. The van der Waals surface area contributed by atoms with E-state index in [-0.39, 0.29) is 23.7 Å². The van der Waals surface area contributed by atoms with Gasteiger partial charge in [0.15, 0.2) is 0 Å². The highest BCUT2D eigenvalue weighted by molar-refractivity contribution is 5.92. The summed E-state index contributed by atoms with van der Waals surface area (Å²) in [4.78, 5) is 39.4. The van der Waals surface area contributed by atoms with E-state index < -0.39 is 17.4 Å². The van der Waals surface area contributed by atoms with Crippen LogP contribution in [0.4, 0.5) is 0 Å². The zero-order chi connectivity index (χ0) is 21.2. The van der Waals surface area contributed by atoms with Gasteiger partial charge in [-0.15, -0.1) is 0 Å². The zero-order valence-electron chi connectivity index (χ0n) is 17.4. The van der Waals surface area contributed by atoms with E-state index in [1.165, 1.54) is 0 Å². The summed E-state index contributed by atoms with van der Waals surface area (Å²) in [5, 5.41) is 2.84. The largest absolute Gasteiger partial charge is 0.497 e. The van der Waals surface area contributed by atoms with Crippen LogP contribution in [0.2, 0.25) is 0 Å². The van der Waals surface area contributed by atoms with Crippen LogP contribution in [-0.2, 0) is 20.8 Å². The average Bonchev–Trinajstić information content (AvgIpc) is 2.60. The number of methoxy groups -OCH3 is 1. The van der Waals surface area contributed by atoms with Crippen molar-refractivity contribution >= 4 is 17.7 Å². The molecule has 1 saturated carbocycles. The number of ether oxygens (including phenoxy) is 1. The first-order valence-corrected chi connectivity index (χ1v) is 10.3. The molecule has 7 nitrogen and oxygen atoms in total. The highest BCUT2D eigenvalue weighted by Crippen LogP contribution is 2.39. The van der Waals surface area contributed by atoms with Crippen LogP contribution in [-0.4, -0.2) is 48.9 Å². The summed E-state index contributed by atoms with van der Waals surface area (Å²) >= 11 is 0. The SMILES string of the molecule is COc1cccc(CC2(C(=O)N[C@H](C(N)=O)C(C)C)CN(C(=O)C3CCC3)C2)c1. The van der Waals surface area contributed by atoms with Crippen molar-refractivity contribution in [3.8, 4) is 5.75 Å². The van der Waals surface area contributed by atoms with Crippen LogP contribution in [0.25, 0.3) is 0 Å². The Kier molecular flexibility index (Phi) is 6.15. The maximum Gasteiger partial charge on any atom is 0.240 e. The summed E-state index contributed by atoms with van der Waals surface area (Å²) in [6, 6.07) is 6.85. The summed E-state index contributed by atoms with van der Waals surface area (Å²) < 4.78 is 5.30.